The van der Waals surface area contributed by atoms with E-state index in [9.17, 15) is 19.7 Å². The van der Waals surface area contributed by atoms with Crippen LogP contribution in [0.3, 0.4) is 0 Å². The van der Waals surface area contributed by atoms with Gasteiger partial charge in [0, 0.05) is 43.9 Å². The number of benzene rings is 2. The van der Waals surface area contributed by atoms with Gasteiger partial charge in [-0.25, -0.2) is 4.79 Å². The zero-order valence-corrected chi connectivity index (χ0v) is 17.3. The van der Waals surface area contributed by atoms with E-state index in [0.29, 0.717) is 0 Å². The van der Waals surface area contributed by atoms with Crippen LogP contribution in [0.4, 0.5) is 5.69 Å². The first-order valence-electron chi connectivity index (χ1n) is 10.1. The van der Waals surface area contributed by atoms with Crippen molar-refractivity contribution >= 4 is 17.6 Å². The van der Waals surface area contributed by atoms with Crippen molar-refractivity contribution < 1.29 is 24.0 Å². The fourth-order valence-corrected chi connectivity index (χ4v) is 3.32. The standard InChI is InChI=1S/C22H25N3O6/c1-2-31-22(27)19-11-18(12-20(13-19)25(28)29)21(26)23-14-16-4-3-5-17(10-16)15-24-6-8-30-9-7-24/h3-5,10-13H,2,6-9,14-15H2,1H3,(H,23,26). The van der Waals surface area contributed by atoms with E-state index in [4.69, 9.17) is 9.47 Å². The number of non-ortho nitro benzene ring substituents is 1. The summed E-state index contributed by atoms with van der Waals surface area (Å²) >= 11 is 0. The third kappa shape index (κ3) is 6.34. The molecule has 0 unspecified atom stereocenters. The van der Waals surface area contributed by atoms with Crippen molar-refractivity contribution in [1.82, 2.24) is 10.2 Å². The van der Waals surface area contributed by atoms with Gasteiger partial charge >= 0.3 is 5.97 Å². The number of nitro benzene ring substituents is 1. The van der Waals surface area contributed by atoms with Crippen molar-refractivity contribution in [3.63, 3.8) is 0 Å². The summed E-state index contributed by atoms with van der Waals surface area (Å²) in [6.07, 6.45) is 0. The monoisotopic (exact) mass is 427 g/mol. The molecular weight excluding hydrogens is 402 g/mol. The summed E-state index contributed by atoms with van der Waals surface area (Å²) in [4.78, 5) is 37.5. The van der Waals surface area contributed by atoms with E-state index in [1.165, 1.54) is 6.07 Å². The lowest BCUT2D eigenvalue weighted by Gasteiger charge is -2.26. The molecule has 2 aromatic carbocycles. The number of ether oxygens (including phenoxy) is 2. The Morgan fingerprint density at radius 3 is 2.55 bits per heavy atom. The predicted octanol–water partition coefficient (Wildman–Crippen LogP) is 2.53. The number of carbonyl (C=O) groups excluding carboxylic acids is 2. The molecule has 0 spiro atoms. The Balaban J connectivity index is 1.68. The maximum Gasteiger partial charge on any atom is 0.338 e. The van der Waals surface area contributed by atoms with Gasteiger partial charge in [0.15, 0.2) is 0 Å². The average molecular weight is 427 g/mol. The second kappa shape index (κ2) is 10.6. The number of morpholine rings is 1. The maximum absolute atomic E-state index is 12.6. The lowest BCUT2D eigenvalue weighted by Crippen LogP contribution is -2.35. The summed E-state index contributed by atoms with van der Waals surface area (Å²) in [6, 6.07) is 11.4. The van der Waals surface area contributed by atoms with Crippen LogP contribution in [0.5, 0.6) is 0 Å². The van der Waals surface area contributed by atoms with Gasteiger partial charge in [0.05, 0.1) is 30.3 Å². The van der Waals surface area contributed by atoms with E-state index in [1.807, 2.05) is 24.3 Å². The highest BCUT2D eigenvalue weighted by atomic mass is 16.6. The van der Waals surface area contributed by atoms with E-state index in [0.717, 1.165) is 56.1 Å². The summed E-state index contributed by atoms with van der Waals surface area (Å²) in [5.74, 6) is -1.22. The van der Waals surface area contributed by atoms with Crippen molar-refractivity contribution in [2.45, 2.75) is 20.0 Å². The second-order valence-corrected chi connectivity index (χ2v) is 7.14. The molecule has 1 heterocycles. The minimum absolute atomic E-state index is 0.0294. The van der Waals surface area contributed by atoms with E-state index in [-0.39, 0.29) is 30.0 Å². The zero-order chi connectivity index (χ0) is 22.2. The van der Waals surface area contributed by atoms with E-state index in [2.05, 4.69) is 10.2 Å². The van der Waals surface area contributed by atoms with Crippen LogP contribution in [-0.2, 0) is 22.6 Å². The van der Waals surface area contributed by atoms with Gasteiger partial charge < -0.3 is 14.8 Å². The van der Waals surface area contributed by atoms with Gasteiger partial charge in [0.1, 0.15) is 0 Å². The fourth-order valence-electron chi connectivity index (χ4n) is 3.32. The zero-order valence-electron chi connectivity index (χ0n) is 17.3. The molecule has 3 rings (SSSR count). The number of rotatable bonds is 8. The molecule has 2 aromatic rings. The second-order valence-electron chi connectivity index (χ2n) is 7.14. The molecule has 31 heavy (non-hydrogen) atoms. The molecule has 1 fully saturated rings. The number of nitro groups is 1. The Hall–Kier alpha value is -3.30. The fraction of sp³-hybridized carbons (Fsp3) is 0.364. The van der Waals surface area contributed by atoms with Gasteiger partial charge in [-0.2, -0.15) is 0 Å². The van der Waals surface area contributed by atoms with E-state index in [1.54, 1.807) is 6.92 Å². The minimum atomic E-state index is -0.712. The van der Waals surface area contributed by atoms with Crippen molar-refractivity contribution in [3.8, 4) is 0 Å². The Morgan fingerprint density at radius 2 is 1.84 bits per heavy atom. The topological polar surface area (TPSA) is 111 Å². The van der Waals surface area contributed by atoms with Crippen LogP contribution < -0.4 is 5.32 Å². The number of nitrogens with zero attached hydrogens (tertiary/aromatic N) is 2. The number of hydrogen-bond donors (Lipinski definition) is 1. The third-order valence-electron chi connectivity index (χ3n) is 4.86. The molecule has 0 bridgehead atoms. The lowest BCUT2D eigenvalue weighted by molar-refractivity contribution is -0.384. The lowest BCUT2D eigenvalue weighted by atomic mass is 10.1. The molecule has 0 aromatic heterocycles. The molecule has 0 saturated carbocycles. The Labute approximate surface area is 180 Å². The summed E-state index contributed by atoms with van der Waals surface area (Å²) in [5.41, 5.74) is 1.70. The first-order chi connectivity index (χ1) is 15.0. The van der Waals surface area contributed by atoms with E-state index >= 15 is 0 Å². The van der Waals surface area contributed by atoms with Gasteiger partial charge in [-0.15, -0.1) is 0 Å². The normalized spacial score (nSPS) is 14.1. The SMILES string of the molecule is CCOC(=O)c1cc(C(=O)NCc2cccc(CN3CCOCC3)c2)cc([N+](=O)[O-])c1. The van der Waals surface area contributed by atoms with Crippen molar-refractivity contribution in [3.05, 3.63) is 74.8 Å². The Kier molecular flexibility index (Phi) is 7.69. The first-order valence-corrected chi connectivity index (χ1v) is 10.1. The van der Waals surface area contributed by atoms with Crippen LogP contribution in [-0.4, -0.2) is 54.6 Å². The van der Waals surface area contributed by atoms with Crippen molar-refractivity contribution in [2.24, 2.45) is 0 Å². The highest BCUT2D eigenvalue weighted by Gasteiger charge is 2.19. The molecule has 0 aliphatic carbocycles. The molecule has 0 atom stereocenters. The van der Waals surface area contributed by atoms with Crippen LogP contribution in [0.15, 0.2) is 42.5 Å². The van der Waals surface area contributed by atoms with Crippen LogP contribution in [0, 0.1) is 10.1 Å². The van der Waals surface area contributed by atoms with Crippen molar-refractivity contribution in [2.75, 3.05) is 32.9 Å². The minimum Gasteiger partial charge on any atom is -0.462 e. The molecule has 0 radical (unpaired) electrons. The number of nitrogens with one attached hydrogen (secondary N) is 1. The quantitative estimate of drug-likeness (QED) is 0.391. The molecular formula is C22H25N3O6. The van der Waals surface area contributed by atoms with Crippen LogP contribution in [0.2, 0.25) is 0 Å². The molecule has 1 amide bonds. The molecule has 1 aliphatic heterocycles. The van der Waals surface area contributed by atoms with Crippen molar-refractivity contribution in [1.29, 1.82) is 0 Å². The highest BCUT2D eigenvalue weighted by molar-refractivity contribution is 5.99. The van der Waals surface area contributed by atoms with Crippen LogP contribution in [0.1, 0.15) is 38.8 Å². The third-order valence-corrected chi connectivity index (χ3v) is 4.86. The molecule has 164 valence electrons. The smallest absolute Gasteiger partial charge is 0.338 e. The number of amides is 1. The molecule has 1 saturated heterocycles. The predicted molar refractivity (Wildman–Crippen MR) is 113 cm³/mol. The summed E-state index contributed by atoms with van der Waals surface area (Å²) in [7, 11) is 0. The molecule has 9 nitrogen and oxygen atoms in total. The van der Waals surface area contributed by atoms with Crippen LogP contribution in [0.25, 0.3) is 0 Å². The summed E-state index contributed by atoms with van der Waals surface area (Å²) < 4.78 is 10.3. The molecule has 1 N–H and O–H groups in total. The van der Waals surface area contributed by atoms with Gasteiger partial charge in [-0.3, -0.25) is 19.8 Å². The summed E-state index contributed by atoms with van der Waals surface area (Å²) in [6.45, 7) is 6.05. The maximum atomic E-state index is 12.6. The molecule has 1 aliphatic rings. The number of hydrogen-bond acceptors (Lipinski definition) is 7. The average Bonchev–Trinajstić information content (AvgIpc) is 2.78. The van der Waals surface area contributed by atoms with E-state index < -0.39 is 16.8 Å². The Morgan fingerprint density at radius 1 is 1.13 bits per heavy atom. The van der Waals surface area contributed by atoms with Gasteiger partial charge in [0.2, 0.25) is 0 Å². The van der Waals surface area contributed by atoms with Gasteiger partial charge in [-0.1, -0.05) is 24.3 Å². The summed E-state index contributed by atoms with van der Waals surface area (Å²) in [5, 5.41) is 14.0. The highest BCUT2D eigenvalue weighted by Crippen LogP contribution is 2.19. The first kappa shape index (κ1) is 22.4. The largest absolute Gasteiger partial charge is 0.462 e. The van der Waals surface area contributed by atoms with Crippen LogP contribution >= 0.6 is 0 Å². The molecule has 9 heteroatoms. The van der Waals surface area contributed by atoms with Gasteiger partial charge in [0.25, 0.3) is 11.6 Å². The number of carbonyl (C=O) groups is 2. The van der Waals surface area contributed by atoms with Gasteiger partial charge in [-0.05, 0) is 24.1 Å². The Bertz CT molecular complexity index is 956. The number of esters is 1.